The lowest BCUT2D eigenvalue weighted by Gasteiger charge is -2.26. The van der Waals surface area contributed by atoms with Crippen molar-refractivity contribution in [1.82, 2.24) is 0 Å². The molecule has 2 unspecified atom stereocenters. The summed E-state index contributed by atoms with van der Waals surface area (Å²) in [5, 5.41) is 36.6. The maximum atomic E-state index is 9.44. The average molecular weight is 311 g/mol. The van der Waals surface area contributed by atoms with Crippen molar-refractivity contribution >= 4 is 5.69 Å². The lowest BCUT2D eigenvalue weighted by molar-refractivity contribution is 0.0858. The first-order valence-corrected chi connectivity index (χ1v) is 7.96. The fourth-order valence-electron chi connectivity index (χ4n) is 2.41. The minimum Gasteiger partial charge on any atom is -0.394 e. The molecule has 0 amide bonds. The predicted octanol–water partition coefficient (Wildman–Crippen LogP) is 1.07. The first kappa shape index (κ1) is 18.9. The summed E-state index contributed by atoms with van der Waals surface area (Å²) in [6.45, 7) is 3.22. The van der Waals surface area contributed by atoms with Gasteiger partial charge in [0.1, 0.15) is 0 Å². The lowest BCUT2D eigenvalue weighted by atomic mass is 10.1. The number of hydrogen-bond donors (Lipinski definition) is 4. The van der Waals surface area contributed by atoms with Crippen molar-refractivity contribution in [3.05, 3.63) is 29.8 Å². The first-order valence-electron chi connectivity index (χ1n) is 7.96. The van der Waals surface area contributed by atoms with Gasteiger partial charge in [0.15, 0.2) is 0 Å². The number of benzene rings is 1. The van der Waals surface area contributed by atoms with Crippen LogP contribution in [0.2, 0.25) is 0 Å². The van der Waals surface area contributed by atoms with Crippen LogP contribution in [0.25, 0.3) is 0 Å². The van der Waals surface area contributed by atoms with Crippen LogP contribution in [0.5, 0.6) is 0 Å². The summed E-state index contributed by atoms with van der Waals surface area (Å²) in [7, 11) is 0. The molecule has 5 nitrogen and oxygen atoms in total. The van der Waals surface area contributed by atoms with Crippen LogP contribution >= 0.6 is 0 Å². The molecule has 4 N–H and O–H groups in total. The van der Waals surface area contributed by atoms with Crippen molar-refractivity contribution in [3.63, 3.8) is 0 Å². The van der Waals surface area contributed by atoms with Gasteiger partial charge in [-0.05, 0) is 50.3 Å². The van der Waals surface area contributed by atoms with E-state index in [1.807, 2.05) is 19.1 Å². The van der Waals surface area contributed by atoms with Crippen LogP contribution in [0, 0.1) is 6.92 Å². The lowest BCUT2D eigenvalue weighted by Crippen LogP contribution is -2.28. The smallest absolute Gasteiger partial charge is 0.0771 e. The van der Waals surface area contributed by atoms with E-state index in [1.54, 1.807) is 0 Å². The molecule has 22 heavy (non-hydrogen) atoms. The molecule has 0 spiro atoms. The third-order valence-corrected chi connectivity index (χ3v) is 3.72. The van der Waals surface area contributed by atoms with Crippen LogP contribution in [0.3, 0.4) is 0 Å². The fraction of sp³-hybridized carbons (Fsp3) is 0.647. The largest absolute Gasteiger partial charge is 0.394 e. The van der Waals surface area contributed by atoms with E-state index in [9.17, 15) is 10.2 Å². The van der Waals surface area contributed by atoms with E-state index in [0.29, 0.717) is 12.8 Å². The molecule has 0 radical (unpaired) electrons. The van der Waals surface area contributed by atoms with Gasteiger partial charge in [0.2, 0.25) is 0 Å². The summed E-state index contributed by atoms with van der Waals surface area (Å²) in [4.78, 5) is 2.22. The third kappa shape index (κ3) is 7.22. The molecule has 126 valence electrons. The Morgan fingerprint density at radius 3 is 1.95 bits per heavy atom. The minimum atomic E-state index is -0.657. The number of aryl methyl sites for hydroxylation is 1. The molecule has 2 atom stereocenters. The van der Waals surface area contributed by atoms with Gasteiger partial charge in [-0.25, -0.2) is 0 Å². The van der Waals surface area contributed by atoms with Gasteiger partial charge in [-0.3, -0.25) is 0 Å². The van der Waals surface area contributed by atoms with Crippen molar-refractivity contribution in [2.45, 2.75) is 44.8 Å². The summed E-state index contributed by atoms with van der Waals surface area (Å²) >= 11 is 0. The van der Waals surface area contributed by atoms with E-state index < -0.39 is 12.2 Å². The molecule has 0 heterocycles. The summed E-state index contributed by atoms with van der Waals surface area (Å²) in [5.74, 6) is 0. The molecule has 1 aromatic carbocycles. The number of nitrogens with zero attached hydrogens (tertiary/aromatic N) is 1. The van der Waals surface area contributed by atoms with Gasteiger partial charge < -0.3 is 25.3 Å². The monoisotopic (exact) mass is 311 g/mol. The highest BCUT2D eigenvalue weighted by molar-refractivity contribution is 5.48. The fourth-order valence-corrected chi connectivity index (χ4v) is 2.41. The van der Waals surface area contributed by atoms with Gasteiger partial charge in [-0.15, -0.1) is 0 Å². The Hall–Kier alpha value is -1.14. The first-order chi connectivity index (χ1) is 10.6. The van der Waals surface area contributed by atoms with E-state index >= 15 is 0 Å². The van der Waals surface area contributed by atoms with Crippen molar-refractivity contribution in [1.29, 1.82) is 0 Å². The molecular weight excluding hydrogens is 282 g/mol. The number of rotatable bonds is 11. The molecule has 5 heteroatoms. The van der Waals surface area contributed by atoms with Crippen molar-refractivity contribution in [3.8, 4) is 0 Å². The number of anilines is 1. The maximum absolute atomic E-state index is 9.44. The Morgan fingerprint density at radius 1 is 0.955 bits per heavy atom. The molecule has 0 saturated carbocycles. The third-order valence-electron chi connectivity index (χ3n) is 3.72. The van der Waals surface area contributed by atoms with Gasteiger partial charge in [0.05, 0.1) is 25.4 Å². The van der Waals surface area contributed by atoms with Crippen LogP contribution in [0.15, 0.2) is 24.3 Å². The second kappa shape index (κ2) is 10.6. The molecule has 1 aromatic rings. The highest BCUT2D eigenvalue weighted by atomic mass is 16.3. The van der Waals surface area contributed by atoms with E-state index in [0.717, 1.165) is 31.6 Å². The van der Waals surface area contributed by atoms with Crippen LogP contribution in [-0.4, -0.2) is 58.9 Å². The van der Waals surface area contributed by atoms with Crippen LogP contribution in [0.1, 0.15) is 31.2 Å². The molecule has 0 aliphatic heterocycles. The van der Waals surface area contributed by atoms with Gasteiger partial charge in [-0.2, -0.15) is 0 Å². The standard InChI is InChI=1S/C17H29NO4/c1-14-5-2-6-15(11-14)18(9-3-7-16(21)12-19)10-4-8-17(22)13-20/h2,5-6,11,16-17,19-22H,3-4,7-10,12-13H2,1H3. The Labute approximate surface area is 132 Å². The molecule has 1 rings (SSSR count). The van der Waals surface area contributed by atoms with Crippen LogP contribution in [0.4, 0.5) is 5.69 Å². The zero-order valence-corrected chi connectivity index (χ0v) is 13.4. The maximum Gasteiger partial charge on any atom is 0.0771 e. The molecular formula is C17H29NO4. The quantitative estimate of drug-likeness (QED) is 0.491. The SMILES string of the molecule is Cc1cccc(N(CCCC(O)CO)CCCC(O)CO)c1. The second-order valence-electron chi connectivity index (χ2n) is 5.78. The number of aliphatic hydroxyl groups is 4. The highest BCUT2D eigenvalue weighted by Gasteiger charge is 2.10. The molecule has 0 aliphatic carbocycles. The van der Waals surface area contributed by atoms with Gasteiger partial charge in [-0.1, -0.05) is 12.1 Å². The zero-order valence-electron chi connectivity index (χ0n) is 13.4. The van der Waals surface area contributed by atoms with Gasteiger partial charge in [0, 0.05) is 18.8 Å². The molecule has 0 aliphatic rings. The van der Waals surface area contributed by atoms with Gasteiger partial charge in [0.25, 0.3) is 0 Å². The zero-order chi connectivity index (χ0) is 16.4. The molecule has 0 bridgehead atoms. The Morgan fingerprint density at radius 2 is 1.50 bits per heavy atom. The van der Waals surface area contributed by atoms with E-state index in [1.165, 1.54) is 5.56 Å². The van der Waals surface area contributed by atoms with E-state index in [-0.39, 0.29) is 13.2 Å². The van der Waals surface area contributed by atoms with E-state index in [4.69, 9.17) is 10.2 Å². The van der Waals surface area contributed by atoms with Crippen molar-refractivity contribution in [2.24, 2.45) is 0 Å². The van der Waals surface area contributed by atoms with E-state index in [2.05, 4.69) is 17.0 Å². The van der Waals surface area contributed by atoms with Crippen LogP contribution in [-0.2, 0) is 0 Å². The summed E-state index contributed by atoms with van der Waals surface area (Å²) in [6, 6.07) is 8.23. The predicted molar refractivity (Wildman–Crippen MR) is 88.0 cm³/mol. The molecule has 0 aromatic heterocycles. The average Bonchev–Trinajstić information content (AvgIpc) is 2.52. The van der Waals surface area contributed by atoms with Gasteiger partial charge >= 0.3 is 0 Å². The summed E-state index contributed by atoms with van der Waals surface area (Å²) in [6.07, 6.45) is 1.40. The topological polar surface area (TPSA) is 84.2 Å². The molecule has 0 saturated heterocycles. The van der Waals surface area contributed by atoms with Crippen molar-refractivity contribution < 1.29 is 20.4 Å². The Bertz CT molecular complexity index is 397. The van der Waals surface area contributed by atoms with Crippen LogP contribution < -0.4 is 4.90 Å². The number of hydrogen-bond acceptors (Lipinski definition) is 5. The minimum absolute atomic E-state index is 0.201. The Balaban J connectivity index is 2.56. The normalized spacial score (nSPS) is 13.9. The van der Waals surface area contributed by atoms with Crippen molar-refractivity contribution in [2.75, 3.05) is 31.2 Å². The highest BCUT2D eigenvalue weighted by Crippen LogP contribution is 2.18. The second-order valence-corrected chi connectivity index (χ2v) is 5.78. The Kier molecular flexibility index (Phi) is 9.08. The number of aliphatic hydroxyl groups excluding tert-OH is 4. The summed E-state index contributed by atoms with van der Waals surface area (Å²) in [5.41, 5.74) is 2.31. The summed E-state index contributed by atoms with van der Waals surface area (Å²) < 4.78 is 0. The molecule has 0 fully saturated rings.